The molecule has 0 spiro atoms. The van der Waals surface area contributed by atoms with Crippen molar-refractivity contribution in [1.82, 2.24) is 5.32 Å². The van der Waals surface area contributed by atoms with E-state index in [2.05, 4.69) is 11.1 Å². The van der Waals surface area contributed by atoms with Crippen molar-refractivity contribution in [3.05, 3.63) is 0 Å². The number of carboxylic acids is 1. The van der Waals surface area contributed by atoms with Gasteiger partial charge in [0.15, 0.2) is 6.04 Å². The van der Waals surface area contributed by atoms with Crippen LogP contribution in [0, 0.1) is 5.92 Å². The molecule has 0 bridgehead atoms. The molecule has 16 heavy (non-hydrogen) atoms. The Labute approximate surface area is 100 Å². The number of carbonyl (C=O) groups is 2. The van der Waals surface area contributed by atoms with Crippen molar-refractivity contribution in [2.75, 3.05) is 12.0 Å². The molecule has 0 aliphatic heterocycles. The van der Waals surface area contributed by atoms with Crippen LogP contribution in [0.5, 0.6) is 0 Å². The van der Waals surface area contributed by atoms with E-state index in [1.165, 1.54) is 0 Å². The molecule has 0 rings (SSSR count). The second kappa shape index (κ2) is 7.51. The fraction of sp³-hybridized carbons (Fsp3) is 0.800. The first-order valence-corrected chi connectivity index (χ1v) is 6.62. The first-order valence-electron chi connectivity index (χ1n) is 5.23. The van der Waals surface area contributed by atoms with Gasteiger partial charge in [-0.05, 0) is 17.9 Å². The molecular weight excluding hydrogens is 228 g/mol. The lowest BCUT2D eigenvalue weighted by Crippen LogP contribution is -2.69. The number of quaternary nitrogens is 1. The van der Waals surface area contributed by atoms with Gasteiger partial charge in [-0.1, -0.05) is 13.8 Å². The summed E-state index contributed by atoms with van der Waals surface area (Å²) in [4.78, 5) is 22.4. The minimum absolute atomic E-state index is 0.193. The SMILES string of the molecule is CSCC[C@H]([NH3+])C(=O)N[C@H](C(=O)[O-])C(C)C. The van der Waals surface area contributed by atoms with Gasteiger partial charge in [0, 0.05) is 6.42 Å². The lowest BCUT2D eigenvalue weighted by Gasteiger charge is -2.23. The van der Waals surface area contributed by atoms with E-state index >= 15 is 0 Å². The molecule has 0 heterocycles. The standard InChI is InChI=1S/C10H20N2O3S/c1-6(2)8(10(14)15)12-9(13)7(11)4-5-16-3/h6-8H,4-5,11H2,1-3H3,(H,12,13)(H,14,15)/t7-,8-/m0/s1. The number of hydrogen-bond acceptors (Lipinski definition) is 4. The van der Waals surface area contributed by atoms with E-state index in [1.807, 2.05) is 6.26 Å². The van der Waals surface area contributed by atoms with Gasteiger partial charge in [0.2, 0.25) is 0 Å². The molecule has 94 valence electrons. The third-order valence-electron chi connectivity index (χ3n) is 2.26. The van der Waals surface area contributed by atoms with E-state index in [9.17, 15) is 14.7 Å². The largest absolute Gasteiger partial charge is 0.548 e. The van der Waals surface area contributed by atoms with Crippen molar-refractivity contribution < 1.29 is 20.4 Å². The molecule has 0 saturated heterocycles. The van der Waals surface area contributed by atoms with Crippen LogP contribution < -0.4 is 16.2 Å². The molecule has 5 nitrogen and oxygen atoms in total. The predicted molar refractivity (Wildman–Crippen MR) is 61.5 cm³/mol. The summed E-state index contributed by atoms with van der Waals surface area (Å²) in [5, 5.41) is 13.2. The molecule has 2 atom stereocenters. The van der Waals surface area contributed by atoms with Crippen LogP contribution in [-0.2, 0) is 9.59 Å². The number of carbonyl (C=O) groups excluding carboxylic acids is 2. The quantitative estimate of drug-likeness (QED) is 0.558. The van der Waals surface area contributed by atoms with Gasteiger partial charge >= 0.3 is 0 Å². The molecule has 0 aromatic rings. The van der Waals surface area contributed by atoms with Crippen LogP contribution in [0.2, 0.25) is 0 Å². The van der Waals surface area contributed by atoms with Gasteiger partial charge in [-0.3, -0.25) is 4.79 Å². The van der Waals surface area contributed by atoms with E-state index in [-0.39, 0.29) is 11.8 Å². The van der Waals surface area contributed by atoms with Gasteiger partial charge in [-0.2, -0.15) is 11.8 Å². The summed E-state index contributed by atoms with van der Waals surface area (Å²) < 4.78 is 0. The Balaban J connectivity index is 4.24. The van der Waals surface area contributed by atoms with Crippen molar-refractivity contribution in [2.24, 2.45) is 5.92 Å². The average molecular weight is 248 g/mol. The first-order chi connectivity index (χ1) is 7.40. The third kappa shape index (κ3) is 5.37. The number of rotatable bonds is 7. The summed E-state index contributed by atoms with van der Waals surface area (Å²) >= 11 is 1.63. The van der Waals surface area contributed by atoms with Gasteiger partial charge in [-0.15, -0.1) is 0 Å². The topological polar surface area (TPSA) is 96.9 Å². The third-order valence-corrected chi connectivity index (χ3v) is 2.90. The number of amides is 1. The van der Waals surface area contributed by atoms with E-state index in [4.69, 9.17) is 0 Å². The van der Waals surface area contributed by atoms with Gasteiger partial charge in [-0.25, -0.2) is 0 Å². The smallest absolute Gasteiger partial charge is 0.278 e. The van der Waals surface area contributed by atoms with Crippen molar-refractivity contribution in [3.8, 4) is 0 Å². The van der Waals surface area contributed by atoms with Crippen LogP contribution in [0.3, 0.4) is 0 Å². The highest BCUT2D eigenvalue weighted by Gasteiger charge is 2.22. The van der Waals surface area contributed by atoms with Crippen molar-refractivity contribution in [3.63, 3.8) is 0 Å². The summed E-state index contributed by atoms with van der Waals surface area (Å²) in [5.41, 5.74) is 3.71. The minimum atomic E-state index is -1.25. The highest BCUT2D eigenvalue weighted by Crippen LogP contribution is 2.02. The monoisotopic (exact) mass is 248 g/mol. The van der Waals surface area contributed by atoms with E-state index < -0.39 is 18.1 Å². The van der Waals surface area contributed by atoms with Gasteiger partial charge < -0.3 is 21.0 Å². The molecule has 6 heteroatoms. The molecule has 0 unspecified atom stereocenters. The maximum atomic E-state index is 11.6. The van der Waals surface area contributed by atoms with Crippen LogP contribution >= 0.6 is 11.8 Å². The molecule has 0 radical (unpaired) electrons. The Hall–Kier alpha value is -0.750. The molecule has 4 N–H and O–H groups in total. The van der Waals surface area contributed by atoms with Crippen LogP contribution in [0.1, 0.15) is 20.3 Å². The Morgan fingerprint density at radius 1 is 1.44 bits per heavy atom. The molecule has 0 fully saturated rings. The normalized spacial score (nSPS) is 14.6. The Morgan fingerprint density at radius 2 is 2.00 bits per heavy atom. The first kappa shape index (κ1) is 15.2. The maximum Gasteiger partial charge on any atom is 0.278 e. The van der Waals surface area contributed by atoms with Crippen molar-refractivity contribution in [2.45, 2.75) is 32.4 Å². The zero-order valence-electron chi connectivity index (χ0n) is 9.99. The number of carboxylic acid groups (broad SMARTS) is 1. The lowest BCUT2D eigenvalue weighted by atomic mass is 10.0. The Morgan fingerprint density at radius 3 is 2.38 bits per heavy atom. The molecule has 0 aromatic heterocycles. The van der Waals surface area contributed by atoms with Crippen LogP contribution in [-0.4, -0.2) is 36.0 Å². The van der Waals surface area contributed by atoms with E-state index in [0.717, 1.165) is 5.75 Å². The average Bonchev–Trinajstić information content (AvgIpc) is 2.20. The van der Waals surface area contributed by atoms with E-state index in [0.29, 0.717) is 6.42 Å². The summed E-state index contributed by atoms with van der Waals surface area (Å²) in [6.07, 6.45) is 2.59. The van der Waals surface area contributed by atoms with Gasteiger partial charge in [0.05, 0.1) is 12.0 Å². The molecule has 0 aromatic carbocycles. The Bertz CT molecular complexity index is 246. The second-order valence-corrected chi connectivity index (χ2v) is 5.01. The number of hydrogen-bond donors (Lipinski definition) is 2. The highest BCUT2D eigenvalue weighted by atomic mass is 32.2. The fourth-order valence-corrected chi connectivity index (χ4v) is 1.68. The zero-order chi connectivity index (χ0) is 12.7. The summed E-state index contributed by atoms with van der Waals surface area (Å²) in [7, 11) is 0. The number of thioether (sulfide) groups is 1. The van der Waals surface area contributed by atoms with Crippen molar-refractivity contribution in [1.29, 1.82) is 0 Å². The molecule has 0 saturated carbocycles. The van der Waals surface area contributed by atoms with Gasteiger partial charge in [0.25, 0.3) is 5.91 Å². The molecule has 0 aliphatic carbocycles. The molecule has 0 aliphatic rings. The van der Waals surface area contributed by atoms with Crippen molar-refractivity contribution >= 4 is 23.6 Å². The molecular formula is C10H20N2O3S. The van der Waals surface area contributed by atoms with Crippen LogP contribution in [0.4, 0.5) is 0 Å². The van der Waals surface area contributed by atoms with E-state index in [1.54, 1.807) is 25.6 Å². The summed E-state index contributed by atoms with van der Waals surface area (Å²) in [5.74, 6) is -0.932. The lowest BCUT2D eigenvalue weighted by molar-refractivity contribution is -0.404. The van der Waals surface area contributed by atoms with Crippen LogP contribution in [0.25, 0.3) is 0 Å². The maximum absolute atomic E-state index is 11.6. The summed E-state index contributed by atoms with van der Waals surface area (Å²) in [6.45, 7) is 3.45. The zero-order valence-corrected chi connectivity index (χ0v) is 10.8. The Kier molecular flexibility index (Phi) is 7.16. The van der Waals surface area contributed by atoms with Crippen LogP contribution in [0.15, 0.2) is 0 Å². The number of nitrogens with one attached hydrogen (secondary N) is 1. The highest BCUT2D eigenvalue weighted by molar-refractivity contribution is 7.98. The predicted octanol–water partition coefficient (Wildman–Crippen LogP) is -1.76. The molecule has 1 amide bonds. The number of aliphatic carboxylic acids is 1. The van der Waals surface area contributed by atoms with Gasteiger partial charge in [0.1, 0.15) is 0 Å². The second-order valence-electron chi connectivity index (χ2n) is 4.03. The summed E-state index contributed by atoms with van der Waals surface area (Å²) in [6, 6.07) is -1.35. The fourth-order valence-electron chi connectivity index (χ4n) is 1.16. The minimum Gasteiger partial charge on any atom is -0.548 e.